The van der Waals surface area contributed by atoms with Gasteiger partial charge in [-0.2, -0.15) is 4.98 Å². The Bertz CT molecular complexity index is 865. The van der Waals surface area contributed by atoms with E-state index in [9.17, 15) is 4.79 Å². The van der Waals surface area contributed by atoms with Crippen molar-refractivity contribution in [2.75, 3.05) is 31.1 Å². The maximum atomic E-state index is 12.4. The summed E-state index contributed by atoms with van der Waals surface area (Å²) < 4.78 is 6.17. The summed E-state index contributed by atoms with van der Waals surface area (Å²) in [6.45, 7) is 7.09. The molecule has 0 bridgehead atoms. The average molecular weight is 393 g/mol. The van der Waals surface area contributed by atoms with Gasteiger partial charge in [0.15, 0.2) is 0 Å². The molecule has 2 amide bonds. The highest BCUT2D eigenvalue weighted by atomic mass is 16.5. The number of fused-ring (bicyclic) bond motifs is 1. The molecule has 0 atom stereocenters. The van der Waals surface area contributed by atoms with Crippen LogP contribution in [-0.4, -0.2) is 47.1 Å². The largest absolute Gasteiger partial charge is 0.438 e. The minimum absolute atomic E-state index is 0.110. The average Bonchev–Trinajstić information content (AvgIpc) is 2.78. The molecule has 1 aromatic carbocycles. The Labute approximate surface area is 171 Å². The first kappa shape index (κ1) is 19.2. The van der Waals surface area contributed by atoms with Crippen LogP contribution in [-0.2, 0) is 13.0 Å². The second-order valence-corrected chi connectivity index (χ2v) is 7.36. The highest BCUT2D eigenvalue weighted by Gasteiger charge is 2.28. The molecule has 2 aromatic rings. The van der Waals surface area contributed by atoms with Crippen molar-refractivity contribution in [1.82, 2.24) is 20.2 Å². The molecule has 0 radical (unpaired) electrons. The number of aromatic nitrogens is 2. The van der Waals surface area contributed by atoms with E-state index in [1.54, 1.807) is 11.0 Å². The van der Waals surface area contributed by atoms with E-state index in [1.165, 1.54) is 6.42 Å². The first-order valence-electron chi connectivity index (χ1n) is 10.3. The molecule has 0 spiro atoms. The Balaban J connectivity index is 1.64. The third kappa shape index (κ3) is 4.50. The highest BCUT2D eigenvalue weighted by molar-refractivity contribution is 5.74. The fourth-order valence-electron chi connectivity index (χ4n) is 3.74. The van der Waals surface area contributed by atoms with Crippen LogP contribution in [0.4, 0.5) is 10.7 Å². The monoisotopic (exact) mass is 393 g/mol. The first-order valence-corrected chi connectivity index (χ1v) is 10.3. The lowest BCUT2D eigenvalue weighted by Gasteiger charge is -2.31. The fraction of sp³-hybridized carbons (Fsp3) is 0.409. The molecule has 0 saturated carbocycles. The molecule has 7 nitrogen and oxygen atoms in total. The first-order chi connectivity index (χ1) is 14.2. The predicted octanol–water partition coefficient (Wildman–Crippen LogP) is 3.51. The van der Waals surface area contributed by atoms with Gasteiger partial charge in [0.2, 0.25) is 11.8 Å². The molecular weight excluding hydrogens is 366 g/mol. The molecule has 4 rings (SSSR count). The summed E-state index contributed by atoms with van der Waals surface area (Å²) in [7, 11) is 0. The number of para-hydroxylation sites is 1. The number of nitrogens with zero attached hydrogens (tertiary/aromatic N) is 4. The lowest BCUT2D eigenvalue weighted by Crippen LogP contribution is -2.43. The number of ether oxygens (including phenoxy) is 1. The van der Waals surface area contributed by atoms with Crippen LogP contribution in [0.2, 0.25) is 0 Å². The van der Waals surface area contributed by atoms with E-state index in [4.69, 9.17) is 14.7 Å². The summed E-state index contributed by atoms with van der Waals surface area (Å²) in [6, 6.07) is 9.53. The minimum atomic E-state index is -0.110. The van der Waals surface area contributed by atoms with Gasteiger partial charge in [-0.1, -0.05) is 24.3 Å². The lowest BCUT2D eigenvalue weighted by molar-refractivity contribution is 0.192. The third-order valence-electron chi connectivity index (χ3n) is 5.29. The van der Waals surface area contributed by atoms with Gasteiger partial charge in [0.05, 0.1) is 17.8 Å². The van der Waals surface area contributed by atoms with Gasteiger partial charge in [0, 0.05) is 32.6 Å². The van der Waals surface area contributed by atoms with Crippen LogP contribution >= 0.6 is 0 Å². The quantitative estimate of drug-likeness (QED) is 0.787. The number of amides is 2. The summed E-state index contributed by atoms with van der Waals surface area (Å²) >= 11 is 0. The molecule has 1 saturated heterocycles. The molecule has 1 N–H and O–H groups in total. The lowest BCUT2D eigenvalue weighted by atomic mass is 10.1. The van der Waals surface area contributed by atoms with E-state index in [1.807, 2.05) is 30.3 Å². The van der Waals surface area contributed by atoms with Crippen LogP contribution in [0.25, 0.3) is 0 Å². The standard InChI is InChI=1S/C22H27N5O2/c1-2-12-23-22(28)27-15-11-19-18(16-27)20(29-17-9-5-3-6-10-17)25-21(24-19)26-13-7-4-8-14-26/h2-3,5-6,9-10H,1,4,7-8,11-16H2,(H,23,28). The number of hydrogen-bond donors (Lipinski definition) is 1. The van der Waals surface area contributed by atoms with Crippen molar-refractivity contribution in [2.24, 2.45) is 0 Å². The number of piperidine rings is 1. The van der Waals surface area contributed by atoms with Crippen LogP contribution in [0.3, 0.4) is 0 Å². The fourth-order valence-corrected chi connectivity index (χ4v) is 3.74. The Hall–Kier alpha value is -3.09. The summed E-state index contributed by atoms with van der Waals surface area (Å²) in [4.78, 5) is 26.1. The molecule has 152 valence electrons. The van der Waals surface area contributed by atoms with Gasteiger partial charge < -0.3 is 19.9 Å². The van der Waals surface area contributed by atoms with Gasteiger partial charge in [0.1, 0.15) is 5.75 Å². The van der Waals surface area contributed by atoms with Crippen molar-refractivity contribution < 1.29 is 9.53 Å². The molecule has 7 heteroatoms. The van der Waals surface area contributed by atoms with E-state index < -0.39 is 0 Å². The normalized spacial score (nSPS) is 16.1. The van der Waals surface area contributed by atoms with Gasteiger partial charge in [-0.25, -0.2) is 9.78 Å². The molecule has 2 aliphatic heterocycles. The van der Waals surface area contributed by atoms with Crippen LogP contribution in [0.1, 0.15) is 30.5 Å². The number of urea groups is 1. The van der Waals surface area contributed by atoms with Gasteiger partial charge in [-0.15, -0.1) is 6.58 Å². The molecule has 2 aliphatic rings. The summed E-state index contributed by atoms with van der Waals surface area (Å²) in [6.07, 6.45) is 5.93. The summed E-state index contributed by atoms with van der Waals surface area (Å²) in [5.74, 6) is 2.01. The molecule has 1 aromatic heterocycles. The number of carbonyl (C=O) groups is 1. The maximum absolute atomic E-state index is 12.4. The van der Waals surface area contributed by atoms with Gasteiger partial charge in [0.25, 0.3) is 0 Å². The highest BCUT2D eigenvalue weighted by Crippen LogP contribution is 2.32. The predicted molar refractivity (Wildman–Crippen MR) is 112 cm³/mol. The Kier molecular flexibility index (Phi) is 5.93. The maximum Gasteiger partial charge on any atom is 0.317 e. The number of hydrogen-bond acceptors (Lipinski definition) is 5. The smallest absolute Gasteiger partial charge is 0.317 e. The van der Waals surface area contributed by atoms with E-state index in [2.05, 4.69) is 16.8 Å². The number of carbonyl (C=O) groups excluding carboxylic acids is 1. The third-order valence-corrected chi connectivity index (χ3v) is 5.29. The number of benzene rings is 1. The number of rotatable bonds is 5. The molecule has 29 heavy (non-hydrogen) atoms. The van der Waals surface area contributed by atoms with Gasteiger partial charge in [-0.3, -0.25) is 0 Å². The Morgan fingerprint density at radius 2 is 1.93 bits per heavy atom. The second-order valence-electron chi connectivity index (χ2n) is 7.36. The van der Waals surface area contributed by atoms with Crippen molar-refractivity contribution in [2.45, 2.75) is 32.2 Å². The molecular formula is C22H27N5O2. The SMILES string of the molecule is C=CCNC(=O)N1CCc2nc(N3CCCCC3)nc(Oc3ccccc3)c2C1. The van der Waals surface area contributed by atoms with Crippen LogP contribution < -0.4 is 15.0 Å². The molecule has 0 aliphatic carbocycles. The molecule has 3 heterocycles. The zero-order valence-corrected chi connectivity index (χ0v) is 16.6. The Morgan fingerprint density at radius 1 is 1.14 bits per heavy atom. The Morgan fingerprint density at radius 3 is 2.69 bits per heavy atom. The van der Waals surface area contributed by atoms with Gasteiger partial charge >= 0.3 is 6.03 Å². The molecule has 0 unspecified atom stereocenters. The zero-order chi connectivity index (χ0) is 20.1. The van der Waals surface area contributed by atoms with Crippen molar-refractivity contribution in [3.05, 3.63) is 54.2 Å². The van der Waals surface area contributed by atoms with E-state index in [-0.39, 0.29) is 6.03 Å². The van der Waals surface area contributed by atoms with Gasteiger partial charge in [-0.05, 0) is 31.4 Å². The van der Waals surface area contributed by atoms with Crippen molar-refractivity contribution in [3.8, 4) is 11.6 Å². The van der Waals surface area contributed by atoms with Crippen LogP contribution in [0, 0.1) is 0 Å². The second kappa shape index (κ2) is 8.94. The minimum Gasteiger partial charge on any atom is -0.438 e. The number of anilines is 1. The zero-order valence-electron chi connectivity index (χ0n) is 16.6. The van der Waals surface area contributed by atoms with Crippen LogP contribution in [0.15, 0.2) is 43.0 Å². The summed E-state index contributed by atoms with van der Waals surface area (Å²) in [5.41, 5.74) is 1.86. The summed E-state index contributed by atoms with van der Waals surface area (Å²) in [5, 5.41) is 2.84. The van der Waals surface area contributed by atoms with Crippen molar-refractivity contribution in [3.63, 3.8) is 0 Å². The molecule has 1 fully saturated rings. The van der Waals surface area contributed by atoms with E-state index in [0.29, 0.717) is 31.9 Å². The number of nitrogens with one attached hydrogen (secondary N) is 1. The topological polar surface area (TPSA) is 70.6 Å². The van der Waals surface area contributed by atoms with Crippen molar-refractivity contribution in [1.29, 1.82) is 0 Å². The van der Waals surface area contributed by atoms with Crippen LogP contribution in [0.5, 0.6) is 11.6 Å². The van der Waals surface area contributed by atoms with Crippen molar-refractivity contribution >= 4 is 12.0 Å². The van der Waals surface area contributed by atoms with E-state index >= 15 is 0 Å². The van der Waals surface area contributed by atoms with E-state index in [0.717, 1.165) is 48.9 Å².